The SMILES string of the molecule is Cc1ccc(C(=O)NN2C[C@H](C(=O)OCC(=O)Nc3cccc(C(F)(F)F)c3)CC2=O)cc1. The molecule has 3 amide bonds. The van der Waals surface area contributed by atoms with Crippen LogP contribution in [0.4, 0.5) is 18.9 Å². The molecule has 1 fully saturated rings. The highest BCUT2D eigenvalue weighted by Crippen LogP contribution is 2.30. The number of carbonyl (C=O) groups is 4. The van der Waals surface area contributed by atoms with Crippen molar-refractivity contribution in [1.29, 1.82) is 0 Å². The van der Waals surface area contributed by atoms with E-state index >= 15 is 0 Å². The smallest absolute Gasteiger partial charge is 0.416 e. The number of hydrogen-bond acceptors (Lipinski definition) is 5. The van der Waals surface area contributed by atoms with Gasteiger partial charge in [0.2, 0.25) is 5.91 Å². The molecule has 2 aromatic rings. The molecule has 0 unspecified atom stereocenters. The molecular formula is C22H20F3N3O5. The summed E-state index contributed by atoms with van der Waals surface area (Å²) in [4.78, 5) is 48.6. The van der Waals surface area contributed by atoms with Gasteiger partial charge in [-0.2, -0.15) is 13.2 Å². The molecule has 0 bridgehead atoms. The van der Waals surface area contributed by atoms with Gasteiger partial charge in [-0.1, -0.05) is 23.8 Å². The number of hydrogen-bond donors (Lipinski definition) is 2. The Morgan fingerprint density at radius 1 is 1.12 bits per heavy atom. The van der Waals surface area contributed by atoms with Gasteiger partial charge >= 0.3 is 12.1 Å². The maximum atomic E-state index is 12.7. The second-order valence-electron chi connectivity index (χ2n) is 7.45. The predicted molar refractivity (Wildman–Crippen MR) is 109 cm³/mol. The molecule has 1 heterocycles. The highest BCUT2D eigenvalue weighted by atomic mass is 19.4. The number of nitrogens with zero attached hydrogens (tertiary/aromatic N) is 1. The van der Waals surface area contributed by atoms with Crippen molar-refractivity contribution in [3.8, 4) is 0 Å². The number of carbonyl (C=O) groups excluding carboxylic acids is 4. The number of ether oxygens (including phenoxy) is 1. The van der Waals surface area contributed by atoms with Crippen molar-refractivity contribution in [1.82, 2.24) is 10.4 Å². The maximum Gasteiger partial charge on any atom is 0.416 e. The van der Waals surface area contributed by atoms with Gasteiger partial charge in [0.1, 0.15) is 0 Å². The molecule has 1 atom stereocenters. The molecule has 0 saturated carbocycles. The number of amides is 3. The fraction of sp³-hybridized carbons (Fsp3) is 0.273. The second-order valence-corrected chi connectivity index (χ2v) is 7.45. The first-order chi connectivity index (χ1) is 15.5. The summed E-state index contributed by atoms with van der Waals surface area (Å²) in [5.41, 5.74) is 2.69. The second kappa shape index (κ2) is 9.72. The Hall–Kier alpha value is -3.89. The fourth-order valence-corrected chi connectivity index (χ4v) is 3.09. The molecule has 0 spiro atoms. The topological polar surface area (TPSA) is 105 Å². The molecule has 174 valence electrons. The van der Waals surface area contributed by atoms with E-state index in [1.165, 1.54) is 6.07 Å². The van der Waals surface area contributed by atoms with Crippen LogP contribution in [0.2, 0.25) is 0 Å². The van der Waals surface area contributed by atoms with Gasteiger partial charge in [-0.15, -0.1) is 0 Å². The van der Waals surface area contributed by atoms with Gasteiger partial charge in [0, 0.05) is 17.7 Å². The normalized spacial score (nSPS) is 15.8. The lowest BCUT2D eigenvalue weighted by atomic mass is 10.1. The number of halogens is 3. The Bertz CT molecular complexity index is 1070. The van der Waals surface area contributed by atoms with E-state index in [1.807, 2.05) is 6.92 Å². The number of benzene rings is 2. The molecule has 0 aliphatic carbocycles. The quantitative estimate of drug-likeness (QED) is 0.641. The standard InChI is InChI=1S/C22H20F3N3O5/c1-13-5-7-14(8-6-13)20(31)27-28-11-15(9-19(28)30)21(32)33-12-18(29)26-17-4-2-3-16(10-17)22(23,24)25/h2-8,10,15H,9,11-12H2,1H3,(H,26,29)(H,27,31)/t15-/m1/s1. The molecule has 0 aromatic heterocycles. The zero-order valence-electron chi connectivity index (χ0n) is 17.4. The van der Waals surface area contributed by atoms with Gasteiger partial charge in [-0.05, 0) is 37.3 Å². The third-order valence-electron chi connectivity index (χ3n) is 4.83. The third-order valence-corrected chi connectivity index (χ3v) is 4.83. The third kappa shape index (κ3) is 6.31. The summed E-state index contributed by atoms with van der Waals surface area (Å²) < 4.78 is 43.1. The molecule has 1 saturated heterocycles. The van der Waals surface area contributed by atoms with E-state index in [1.54, 1.807) is 24.3 Å². The monoisotopic (exact) mass is 463 g/mol. The van der Waals surface area contributed by atoms with E-state index in [-0.39, 0.29) is 18.7 Å². The van der Waals surface area contributed by atoms with E-state index < -0.39 is 48.0 Å². The van der Waals surface area contributed by atoms with E-state index in [0.717, 1.165) is 28.8 Å². The van der Waals surface area contributed by atoms with Crippen LogP contribution in [0.3, 0.4) is 0 Å². The lowest BCUT2D eigenvalue weighted by Crippen LogP contribution is -2.43. The van der Waals surface area contributed by atoms with Crippen molar-refractivity contribution in [2.75, 3.05) is 18.5 Å². The van der Waals surface area contributed by atoms with Crippen molar-refractivity contribution in [3.05, 3.63) is 65.2 Å². The van der Waals surface area contributed by atoms with Crippen LogP contribution >= 0.6 is 0 Å². The summed E-state index contributed by atoms with van der Waals surface area (Å²) in [7, 11) is 0. The lowest BCUT2D eigenvalue weighted by molar-refractivity contribution is -0.151. The van der Waals surface area contributed by atoms with Crippen molar-refractivity contribution >= 4 is 29.4 Å². The lowest BCUT2D eigenvalue weighted by Gasteiger charge is -2.17. The minimum Gasteiger partial charge on any atom is -0.455 e. The summed E-state index contributed by atoms with van der Waals surface area (Å²) >= 11 is 0. The first kappa shape index (κ1) is 23.8. The Kier molecular flexibility index (Phi) is 7.00. The first-order valence-corrected chi connectivity index (χ1v) is 9.84. The van der Waals surface area contributed by atoms with Gasteiger partial charge in [-0.25, -0.2) is 0 Å². The van der Waals surface area contributed by atoms with Gasteiger partial charge in [-0.3, -0.25) is 29.6 Å². The Balaban J connectivity index is 1.49. The summed E-state index contributed by atoms with van der Waals surface area (Å²) in [6.45, 7) is 0.988. The van der Waals surface area contributed by atoms with Gasteiger partial charge in [0.05, 0.1) is 18.0 Å². The first-order valence-electron chi connectivity index (χ1n) is 9.84. The average Bonchev–Trinajstić information content (AvgIpc) is 3.12. The highest BCUT2D eigenvalue weighted by molar-refractivity contribution is 5.97. The van der Waals surface area contributed by atoms with Crippen LogP contribution < -0.4 is 10.7 Å². The summed E-state index contributed by atoms with van der Waals surface area (Å²) in [5.74, 6) is -3.59. The van der Waals surface area contributed by atoms with Crippen molar-refractivity contribution < 1.29 is 37.1 Å². The summed E-state index contributed by atoms with van der Waals surface area (Å²) in [6.07, 6.45) is -4.79. The molecule has 1 aliphatic heterocycles. The Labute approximate surface area is 186 Å². The summed E-state index contributed by atoms with van der Waals surface area (Å²) in [5, 5.41) is 3.23. The highest BCUT2D eigenvalue weighted by Gasteiger charge is 2.37. The van der Waals surface area contributed by atoms with Crippen LogP contribution in [0.15, 0.2) is 48.5 Å². The molecule has 33 heavy (non-hydrogen) atoms. The number of anilines is 1. The van der Waals surface area contributed by atoms with Gasteiger partial charge < -0.3 is 10.1 Å². The minimum absolute atomic E-state index is 0.105. The van der Waals surface area contributed by atoms with Crippen LogP contribution in [0, 0.1) is 12.8 Å². The van der Waals surface area contributed by atoms with Crippen molar-refractivity contribution in [3.63, 3.8) is 0 Å². The number of aryl methyl sites for hydroxylation is 1. The Morgan fingerprint density at radius 3 is 2.48 bits per heavy atom. The molecular weight excluding hydrogens is 443 g/mol. The number of esters is 1. The van der Waals surface area contributed by atoms with E-state index in [4.69, 9.17) is 4.74 Å². The van der Waals surface area contributed by atoms with Crippen LogP contribution in [0.25, 0.3) is 0 Å². The molecule has 0 radical (unpaired) electrons. The zero-order chi connectivity index (χ0) is 24.2. The molecule has 1 aliphatic rings. The molecule has 2 N–H and O–H groups in total. The van der Waals surface area contributed by atoms with Crippen LogP contribution in [-0.4, -0.2) is 41.9 Å². The van der Waals surface area contributed by atoms with Crippen molar-refractivity contribution in [2.24, 2.45) is 5.92 Å². The van der Waals surface area contributed by atoms with E-state index in [2.05, 4.69) is 10.7 Å². The largest absolute Gasteiger partial charge is 0.455 e. The molecule has 8 nitrogen and oxygen atoms in total. The molecule has 3 rings (SSSR count). The average molecular weight is 463 g/mol. The predicted octanol–water partition coefficient (Wildman–Crippen LogP) is 2.69. The summed E-state index contributed by atoms with van der Waals surface area (Å²) in [6, 6.07) is 10.7. The van der Waals surface area contributed by atoms with Gasteiger partial charge in [0.25, 0.3) is 11.8 Å². The van der Waals surface area contributed by atoms with E-state index in [9.17, 15) is 32.3 Å². The van der Waals surface area contributed by atoms with Crippen LogP contribution in [0.1, 0.15) is 27.9 Å². The minimum atomic E-state index is -4.57. The number of hydrazine groups is 1. The Morgan fingerprint density at radius 2 is 1.82 bits per heavy atom. The number of alkyl halides is 3. The van der Waals surface area contributed by atoms with E-state index in [0.29, 0.717) is 5.56 Å². The molecule has 2 aromatic carbocycles. The van der Waals surface area contributed by atoms with Crippen LogP contribution in [-0.2, 0) is 25.3 Å². The molecule has 11 heteroatoms. The zero-order valence-corrected chi connectivity index (χ0v) is 17.4. The number of rotatable bonds is 6. The number of nitrogens with one attached hydrogen (secondary N) is 2. The fourth-order valence-electron chi connectivity index (χ4n) is 3.09. The van der Waals surface area contributed by atoms with Crippen LogP contribution in [0.5, 0.6) is 0 Å². The van der Waals surface area contributed by atoms with Gasteiger partial charge in [0.15, 0.2) is 6.61 Å². The van der Waals surface area contributed by atoms with Crippen molar-refractivity contribution in [2.45, 2.75) is 19.5 Å². The maximum absolute atomic E-state index is 12.7.